The molecule has 0 bridgehead atoms. The third-order valence-electron chi connectivity index (χ3n) is 4.21. The van der Waals surface area contributed by atoms with E-state index in [1.54, 1.807) is 7.11 Å². The van der Waals surface area contributed by atoms with E-state index in [-0.39, 0.29) is 24.0 Å². The number of hydrogen-bond acceptors (Lipinski definition) is 3. The van der Waals surface area contributed by atoms with Crippen molar-refractivity contribution in [3.8, 4) is 0 Å². The Morgan fingerprint density at radius 3 is 2.80 bits per heavy atom. The van der Waals surface area contributed by atoms with Crippen molar-refractivity contribution in [1.82, 2.24) is 10.2 Å². The van der Waals surface area contributed by atoms with Gasteiger partial charge in [-0.25, -0.2) is 0 Å². The van der Waals surface area contributed by atoms with Gasteiger partial charge in [0.05, 0.1) is 19.8 Å². The first-order chi connectivity index (χ1) is 11.8. The average Bonchev–Trinajstić information content (AvgIpc) is 3.08. The molecule has 6 heteroatoms. The monoisotopic (exact) mass is 461 g/mol. The zero-order valence-corrected chi connectivity index (χ0v) is 17.8. The van der Waals surface area contributed by atoms with Gasteiger partial charge in [-0.15, -0.1) is 24.0 Å². The summed E-state index contributed by atoms with van der Waals surface area (Å²) in [6.45, 7) is 8.06. The molecule has 1 N–H and O–H groups in total. The zero-order valence-electron chi connectivity index (χ0n) is 15.4. The molecule has 0 radical (unpaired) electrons. The summed E-state index contributed by atoms with van der Waals surface area (Å²) in [5, 5.41) is 3.42. The van der Waals surface area contributed by atoms with Gasteiger partial charge in [0, 0.05) is 39.2 Å². The van der Waals surface area contributed by atoms with Gasteiger partial charge in [0.15, 0.2) is 5.96 Å². The van der Waals surface area contributed by atoms with Crippen LogP contribution in [0.5, 0.6) is 0 Å². The first-order valence-electron chi connectivity index (χ1n) is 8.97. The lowest BCUT2D eigenvalue weighted by atomic mass is 10.1. The lowest BCUT2D eigenvalue weighted by Gasteiger charge is -2.21. The summed E-state index contributed by atoms with van der Waals surface area (Å²) in [6, 6.07) is 10.5. The molecule has 1 aromatic rings. The van der Waals surface area contributed by atoms with Crippen LogP contribution >= 0.6 is 24.0 Å². The second kappa shape index (κ2) is 13.4. The van der Waals surface area contributed by atoms with Gasteiger partial charge in [-0.3, -0.25) is 4.99 Å². The number of methoxy groups -OCH3 is 1. The van der Waals surface area contributed by atoms with Crippen LogP contribution in [-0.4, -0.2) is 64.0 Å². The topological polar surface area (TPSA) is 46.1 Å². The molecule has 5 nitrogen and oxygen atoms in total. The number of ether oxygens (including phenoxy) is 2. The normalized spacial score (nSPS) is 17.4. The van der Waals surface area contributed by atoms with Gasteiger partial charge in [-0.05, 0) is 25.3 Å². The third-order valence-corrected chi connectivity index (χ3v) is 4.21. The number of nitrogens with zero attached hydrogens (tertiary/aromatic N) is 2. The SMILES string of the molecule is CCNC(=NCCc1ccccc1)N1CCC(COCCOC)C1.I. The van der Waals surface area contributed by atoms with Gasteiger partial charge in [0.2, 0.25) is 0 Å². The van der Waals surface area contributed by atoms with Crippen LogP contribution in [0.1, 0.15) is 18.9 Å². The van der Waals surface area contributed by atoms with Crippen molar-refractivity contribution in [2.24, 2.45) is 10.9 Å². The number of hydrogen-bond donors (Lipinski definition) is 1. The maximum Gasteiger partial charge on any atom is 0.193 e. The summed E-state index contributed by atoms with van der Waals surface area (Å²) < 4.78 is 10.7. The quantitative estimate of drug-likeness (QED) is 0.266. The Hall–Kier alpha value is -0.860. The van der Waals surface area contributed by atoms with Crippen molar-refractivity contribution >= 4 is 29.9 Å². The first kappa shape index (κ1) is 22.2. The molecule has 1 aliphatic heterocycles. The van der Waals surface area contributed by atoms with Crippen LogP contribution in [0.25, 0.3) is 0 Å². The summed E-state index contributed by atoms with van der Waals surface area (Å²) in [6.07, 6.45) is 2.14. The van der Waals surface area contributed by atoms with Crippen LogP contribution in [0.15, 0.2) is 35.3 Å². The molecule has 1 fully saturated rings. The maximum absolute atomic E-state index is 5.67. The average molecular weight is 461 g/mol. The molecule has 25 heavy (non-hydrogen) atoms. The largest absolute Gasteiger partial charge is 0.382 e. The van der Waals surface area contributed by atoms with E-state index >= 15 is 0 Å². The van der Waals surface area contributed by atoms with Crippen LogP contribution in [0.3, 0.4) is 0 Å². The second-order valence-electron chi connectivity index (χ2n) is 6.14. The molecule has 1 aliphatic rings. The molecule has 142 valence electrons. The van der Waals surface area contributed by atoms with Gasteiger partial charge in [0.1, 0.15) is 0 Å². The molecule has 1 heterocycles. The molecule has 0 amide bonds. The number of benzene rings is 1. The highest BCUT2D eigenvalue weighted by molar-refractivity contribution is 14.0. The van der Waals surface area contributed by atoms with Gasteiger partial charge >= 0.3 is 0 Å². The molecule has 0 aliphatic carbocycles. The fourth-order valence-corrected chi connectivity index (χ4v) is 2.91. The molecule has 0 spiro atoms. The van der Waals surface area contributed by atoms with E-state index in [4.69, 9.17) is 14.5 Å². The maximum atomic E-state index is 5.67. The smallest absolute Gasteiger partial charge is 0.193 e. The molecular weight excluding hydrogens is 429 g/mol. The van der Waals surface area contributed by atoms with Crippen LogP contribution in [0, 0.1) is 5.92 Å². The summed E-state index contributed by atoms with van der Waals surface area (Å²) in [5.74, 6) is 1.62. The molecule has 0 saturated carbocycles. The molecule has 0 aromatic heterocycles. The summed E-state index contributed by atoms with van der Waals surface area (Å²) in [5.41, 5.74) is 1.34. The minimum atomic E-state index is 0. The zero-order chi connectivity index (χ0) is 17.0. The van der Waals surface area contributed by atoms with Crippen LogP contribution in [-0.2, 0) is 15.9 Å². The van der Waals surface area contributed by atoms with Crippen LogP contribution < -0.4 is 5.32 Å². The highest BCUT2D eigenvalue weighted by Crippen LogP contribution is 2.16. The van der Waals surface area contributed by atoms with E-state index in [0.29, 0.717) is 19.1 Å². The second-order valence-corrected chi connectivity index (χ2v) is 6.14. The van der Waals surface area contributed by atoms with E-state index in [1.807, 2.05) is 0 Å². The van der Waals surface area contributed by atoms with Crippen LogP contribution in [0.4, 0.5) is 0 Å². The highest BCUT2D eigenvalue weighted by atomic mass is 127. The number of guanidine groups is 1. The van der Waals surface area contributed by atoms with Crippen molar-refractivity contribution in [3.63, 3.8) is 0 Å². The van der Waals surface area contributed by atoms with Crippen molar-refractivity contribution in [2.75, 3.05) is 53.1 Å². The van der Waals surface area contributed by atoms with Crippen molar-refractivity contribution in [2.45, 2.75) is 19.8 Å². The van der Waals surface area contributed by atoms with Gasteiger partial charge < -0.3 is 19.7 Å². The lowest BCUT2D eigenvalue weighted by molar-refractivity contribution is 0.0536. The molecule has 2 rings (SSSR count). The molecule has 1 aromatic carbocycles. The van der Waals surface area contributed by atoms with Crippen LogP contribution in [0.2, 0.25) is 0 Å². The Morgan fingerprint density at radius 2 is 2.08 bits per heavy atom. The number of aliphatic imine (C=N–C) groups is 1. The van der Waals surface area contributed by atoms with E-state index in [0.717, 1.165) is 51.6 Å². The van der Waals surface area contributed by atoms with Gasteiger partial charge in [0.25, 0.3) is 0 Å². The first-order valence-corrected chi connectivity index (χ1v) is 8.97. The third kappa shape index (κ3) is 8.37. The Bertz CT molecular complexity index is 485. The fraction of sp³-hybridized carbons (Fsp3) is 0.632. The minimum Gasteiger partial charge on any atom is -0.382 e. The van der Waals surface area contributed by atoms with Crippen molar-refractivity contribution in [3.05, 3.63) is 35.9 Å². The Morgan fingerprint density at radius 1 is 1.28 bits per heavy atom. The molecule has 1 saturated heterocycles. The highest BCUT2D eigenvalue weighted by Gasteiger charge is 2.24. The lowest BCUT2D eigenvalue weighted by Crippen LogP contribution is -2.40. The number of rotatable bonds is 9. The summed E-state index contributed by atoms with van der Waals surface area (Å²) in [4.78, 5) is 7.17. The van der Waals surface area contributed by atoms with Crippen molar-refractivity contribution < 1.29 is 9.47 Å². The summed E-state index contributed by atoms with van der Waals surface area (Å²) in [7, 11) is 1.70. The number of halogens is 1. The predicted molar refractivity (Wildman–Crippen MR) is 114 cm³/mol. The fourth-order valence-electron chi connectivity index (χ4n) is 2.91. The van der Waals surface area contributed by atoms with Gasteiger partial charge in [-0.2, -0.15) is 0 Å². The number of nitrogens with one attached hydrogen (secondary N) is 1. The van der Waals surface area contributed by atoms with Crippen molar-refractivity contribution in [1.29, 1.82) is 0 Å². The van der Waals surface area contributed by atoms with E-state index in [9.17, 15) is 0 Å². The van der Waals surface area contributed by atoms with E-state index in [2.05, 4.69) is 47.5 Å². The summed E-state index contributed by atoms with van der Waals surface area (Å²) >= 11 is 0. The van der Waals surface area contributed by atoms with Gasteiger partial charge in [-0.1, -0.05) is 30.3 Å². The van der Waals surface area contributed by atoms with E-state index in [1.165, 1.54) is 5.56 Å². The molecule has 1 atom stereocenters. The predicted octanol–water partition coefficient (Wildman–Crippen LogP) is 2.80. The Labute approximate surface area is 169 Å². The number of likely N-dealkylation sites (tertiary alicyclic amines) is 1. The van der Waals surface area contributed by atoms with E-state index < -0.39 is 0 Å². The molecule has 1 unspecified atom stereocenters. The molecular formula is C19H32IN3O2. The minimum absolute atomic E-state index is 0. The Balaban J connectivity index is 0.00000312. The standard InChI is InChI=1S/C19H31N3O2.HI/c1-3-20-19(21-11-9-17-7-5-4-6-8-17)22-12-10-18(15-22)16-24-14-13-23-2;/h4-8,18H,3,9-16H2,1-2H3,(H,20,21);1H. The Kier molecular flexibility index (Phi) is 11.9.